The van der Waals surface area contributed by atoms with Crippen LogP contribution in [0.15, 0.2) is 34.0 Å². The molecule has 1 aliphatic rings. The zero-order valence-electron chi connectivity index (χ0n) is 13.0. The average molecular weight is 334 g/mol. The first-order chi connectivity index (χ1) is 10.8. The van der Waals surface area contributed by atoms with Crippen molar-refractivity contribution < 1.29 is 13.2 Å². The van der Waals surface area contributed by atoms with Gasteiger partial charge in [0.25, 0.3) is 5.56 Å². The quantitative estimate of drug-likeness (QED) is 0.902. The minimum atomic E-state index is -3.34. The largest absolute Gasteiger partial charge is 0.493 e. The first kappa shape index (κ1) is 15.7. The smallest absolute Gasteiger partial charge is 0.267 e. The molecule has 1 aromatic heterocycles. The Bertz CT molecular complexity index is 899. The zero-order chi connectivity index (χ0) is 16.6. The maximum absolute atomic E-state index is 11.8. The van der Waals surface area contributed by atoms with Crippen molar-refractivity contribution in [2.75, 3.05) is 12.9 Å². The van der Waals surface area contributed by atoms with E-state index >= 15 is 0 Å². The minimum absolute atomic E-state index is 0.192. The van der Waals surface area contributed by atoms with E-state index in [0.29, 0.717) is 35.1 Å². The lowest BCUT2D eigenvalue weighted by Crippen LogP contribution is -2.12. The summed E-state index contributed by atoms with van der Waals surface area (Å²) in [6.07, 6.45) is 3.47. The van der Waals surface area contributed by atoms with Gasteiger partial charge in [0.15, 0.2) is 9.84 Å². The van der Waals surface area contributed by atoms with Crippen molar-refractivity contribution in [2.24, 2.45) is 5.92 Å². The molecule has 7 heteroatoms. The predicted molar refractivity (Wildman–Crippen MR) is 86.4 cm³/mol. The normalized spacial score (nSPS) is 14.7. The second-order valence-electron chi connectivity index (χ2n) is 5.95. The van der Waals surface area contributed by atoms with E-state index in [-0.39, 0.29) is 10.5 Å². The van der Waals surface area contributed by atoms with Crippen molar-refractivity contribution in [2.45, 2.75) is 24.7 Å². The number of aromatic nitrogens is 2. The Morgan fingerprint density at radius 1 is 1.30 bits per heavy atom. The Kier molecular flexibility index (Phi) is 3.97. The molecule has 122 valence electrons. The monoisotopic (exact) mass is 334 g/mol. The van der Waals surface area contributed by atoms with Crippen molar-refractivity contribution in [3.8, 4) is 17.0 Å². The molecule has 23 heavy (non-hydrogen) atoms. The van der Waals surface area contributed by atoms with Crippen molar-refractivity contribution in [3.05, 3.63) is 40.2 Å². The number of hydrogen-bond acceptors (Lipinski definition) is 5. The Balaban J connectivity index is 2.08. The third-order valence-corrected chi connectivity index (χ3v) is 4.93. The van der Waals surface area contributed by atoms with Gasteiger partial charge >= 0.3 is 0 Å². The Morgan fingerprint density at radius 3 is 2.65 bits per heavy atom. The number of aromatic amines is 1. The molecule has 1 aliphatic carbocycles. The Labute approximate surface area is 134 Å². The number of H-pyrrole nitrogens is 1. The third-order valence-electron chi connectivity index (χ3n) is 3.82. The second kappa shape index (κ2) is 5.81. The lowest BCUT2D eigenvalue weighted by molar-refractivity contribution is 0.300. The summed E-state index contributed by atoms with van der Waals surface area (Å²) in [6, 6.07) is 6.34. The summed E-state index contributed by atoms with van der Waals surface area (Å²) in [5, 5.41) is 6.44. The molecule has 0 spiro atoms. The van der Waals surface area contributed by atoms with Crippen molar-refractivity contribution in [1.82, 2.24) is 10.2 Å². The van der Waals surface area contributed by atoms with Crippen LogP contribution in [0.2, 0.25) is 0 Å². The molecule has 0 amide bonds. The lowest BCUT2D eigenvalue weighted by atomic mass is 10.1. The number of ether oxygens (including phenoxy) is 1. The number of benzene rings is 1. The molecule has 1 saturated carbocycles. The summed E-state index contributed by atoms with van der Waals surface area (Å²) in [5.41, 5.74) is 1.28. The Morgan fingerprint density at radius 2 is 2.04 bits per heavy atom. The van der Waals surface area contributed by atoms with Gasteiger partial charge in [0.1, 0.15) is 5.75 Å². The molecule has 0 bridgehead atoms. The van der Waals surface area contributed by atoms with Gasteiger partial charge < -0.3 is 4.74 Å². The second-order valence-corrected chi connectivity index (χ2v) is 7.97. The number of aryl methyl sites for hydroxylation is 1. The molecule has 0 saturated heterocycles. The van der Waals surface area contributed by atoms with Crippen LogP contribution >= 0.6 is 0 Å². The topological polar surface area (TPSA) is 89.1 Å². The maximum Gasteiger partial charge on any atom is 0.267 e. The zero-order valence-corrected chi connectivity index (χ0v) is 13.8. The highest BCUT2D eigenvalue weighted by Crippen LogP contribution is 2.34. The van der Waals surface area contributed by atoms with E-state index in [4.69, 9.17) is 4.74 Å². The first-order valence-corrected chi connectivity index (χ1v) is 9.27. The summed E-state index contributed by atoms with van der Waals surface area (Å²) >= 11 is 0. The van der Waals surface area contributed by atoms with Gasteiger partial charge in [-0.05, 0) is 49.9 Å². The van der Waals surface area contributed by atoms with Gasteiger partial charge in [0, 0.05) is 17.4 Å². The highest BCUT2D eigenvalue weighted by atomic mass is 32.2. The molecule has 0 atom stereocenters. The fraction of sp³-hybridized carbons (Fsp3) is 0.375. The van der Waals surface area contributed by atoms with Gasteiger partial charge in [-0.15, -0.1) is 0 Å². The van der Waals surface area contributed by atoms with E-state index < -0.39 is 9.84 Å². The van der Waals surface area contributed by atoms with E-state index in [1.807, 2.05) is 0 Å². The van der Waals surface area contributed by atoms with Crippen LogP contribution in [0, 0.1) is 12.8 Å². The summed E-state index contributed by atoms with van der Waals surface area (Å²) in [6.45, 7) is 2.28. The predicted octanol–water partition coefficient (Wildman–Crippen LogP) is 1.94. The molecule has 1 N–H and O–H groups in total. The minimum Gasteiger partial charge on any atom is -0.493 e. The SMILES string of the molecule is Cc1cc(-c2cc(S(C)(=O)=O)ccc2OCC2CC2)n[nH]c1=O. The summed E-state index contributed by atoms with van der Waals surface area (Å²) in [7, 11) is -3.34. The fourth-order valence-electron chi connectivity index (χ4n) is 2.20. The van der Waals surface area contributed by atoms with E-state index in [1.165, 1.54) is 12.1 Å². The van der Waals surface area contributed by atoms with Crippen LogP contribution in [0.4, 0.5) is 0 Å². The van der Waals surface area contributed by atoms with E-state index in [0.717, 1.165) is 19.1 Å². The van der Waals surface area contributed by atoms with Crippen LogP contribution in [0.25, 0.3) is 11.3 Å². The maximum atomic E-state index is 11.8. The highest BCUT2D eigenvalue weighted by Gasteiger charge is 2.23. The van der Waals surface area contributed by atoms with Crippen molar-refractivity contribution in [1.29, 1.82) is 0 Å². The Hall–Kier alpha value is -2.15. The number of nitrogens with one attached hydrogen (secondary N) is 1. The highest BCUT2D eigenvalue weighted by molar-refractivity contribution is 7.90. The fourth-order valence-corrected chi connectivity index (χ4v) is 2.85. The van der Waals surface area contributed by atoms with Gasteiger partial charge in [0.05, 0.1) is 17.2 Å². The average Bonchev–Trinajstić information content (AvgIpc) is 3.31. The molecule has 1 aromatic carbocycles. The molecule has 0 radical (unpaired) electrons. The molecule has 3 rings (SSSR count). The molecular formula is C16H18N2O4S. The van der Waals surface area contributed by atoms with Gasteiger partial charge in [-0.2, -0.15) is 5.10 Å². The van der Waals surface area contributed by atoms with Crippen LogP contribution in [0.3, 0.4) is 0 Å². The molecule has 0 aliphatic heterocycles. The standard InChI is InChI=1S/C16H18N2O4S/c1-10-7-14(17-18-16(10)19)13-8-12(23(2,20)21)5-6-15(13)22-9-11-3-4-11/h5-8,11H,3-4,9H2,1-2H3,(H,18,19). The lowest BCUT2D eigenvalue weighted by Gasteiger charge is -2.12. The molecular weight excluding hydrogens is 316 g/mol. The molecule has 1 fully saturated rings. The molecule has 1 heterocycles. The van der Waals surface area contributed by atoms with E-state index in [9.17, 15) is 13.2 Å². The number of hydrogen-bond donors (Lipinski definition) is 1. The van der Waals surface area contributed by atoms with Crippen LogP contribution in [-0.4, -0.2) is 31.5 Å². The molecule has 2 aromatic rings. The third kappa shape index (κ3) is 3.61. The van der Waals surface area contributed by atoms with Crippen LogP contribution in [0.1, 0.15) is 18.4 Å². The van der Waals surface area contributed by atoms with Gasteiger partial charge in [-0.25, -0.2) is 13.5 Å². The van der Waals surface area contributed by atoms with Crippen molar-refractivity contribution >= 4 is 9.84 Å². The van der Waals surface area contributed by atoms with Gasteiger partial charge in [-0.1, -0.05) is 0 Å². The van der Waals surface area contributed by atoms with Crippen LogP contribution in [-0.2, 0) is 9.84 Å². The van der Waals surface area contributed by atoms with Gasteiger partial charge in [-0.3, -0.25) is 4.79 Å². The number of nitrogens with zero attached hydrogens (tertiary/aromatic N) is 1. The summed E-state index contributed by atoms with van der Waals surface area (Å²) < 4.78 is 29.4. The van der Waals surface area contributed by atoms with Crippen molar-refractivity contribution in [3.63, 3.8) is 0 Å². The molecule has 6 nitrogen and oxygen atoms in total. The van der Waals surface area contributed by atoms with E-state index in [1.54, 1.807) is 19.1 Å². The molecule has 0 unspecified atom stereocenters. The number of sulfone groups is 1. The number of rotatable bonds is 5. The van der Waals surface area contributed by atoms with Crippen LogP contribution < -0.4 is 10.3 Å². The van der Waals surface area contributed by atoms with Gasteiger partial charge in [0.2, 0.25) is 0 Å². The van der Waals surface area contributed by atoms with Crippen LogP contribution in [0.5, 0.6) is 5.75 Å². The first-order valence-electron chi connectivity index (χ1n) is 7.38. The van der Waals surface area contributed by atoms with E-state index in [2.05, 4.69) is 10.2 Å². The summed E-state index contributed by atoms with van der Waals surface area (Å²) in [5.74, 6) is 1.14. The summed E-state index contributed by atoms with van der Waals surface area (Å²) in [4.78, 5) is 11.7.